The van der Waals surface area contributed by atoms with Crippen LogP contribution >= 0.6 is 0 Å². The number of ether oxygens (including phenoxy) is 2. The minimum Gasteiger partial charge on any atom is -0.493 e. The van der Waals surface area contributed by atoms with Gasteiger partial charge in [0.05, 0.1) is 26.4 Å². The van der Waals surface area contributed by atoms with E-state index in [1.54, 1.807) is 7.11 Å². The molecule has 146 valence electrons. The Morgan fingerprint density at radius 3 is 2.63 bits per heavy atom. The zero-order chi connectivity index (χ0) is 19.6. The van der Waals surface area contributed by atoms with E-state index in [0.717, 1.165) is 16.8 Å². The minimum absolute atomic E-state index is 0.257. The van der Waals surface area contributed by atoms with Crippen LogP contribution in [0.5, 0.6) is 11.5 Å². The second kappa shape index (κ2) is 10.4. The molecule has 6 nitrogen and oxygen atoms in total. The highest BCUT2D eigenvalue weighted by atomic mass is 16.5. The molecule has 1 unspecified atom stereocenters. The van der Waals surface area contributed by atoms with Crippen molar-refractivity contribution in [3.05, 3.63) is 53.6 Å². The van der Waals surface area contributed by atoms with Gasteiger partial charge in [-0.2, -0.15) is 0 Å². The van der Waals surface area contributed by atoms with Crippen LogP contribution in [0.3, 0.4) is 0 Å². The van der Waals surface area contributed by atoms with Crippen LogP contribution in [0.4, 0.5) is 5.69 Å². The van der Waals surface area contributed by atoms with Crippen molar-refractivity contribution >= 4 is 11.6 Å². The van der Waals surface area contributed by atoms with Gasteiger partial charge >= 0.3 is 0 Å². The summed E-state index contributed by atoms with van der Waals surface area (Å²) in [5.41, 5.74) is 2.80. The number of hydrogen-bond donors (Lipinski definition) is 3. The highest BCUT2D eigenvalue weighted by Crippen LogP contribution is 2.30. The number of aliphatic imine (C=N–C) groups is 1. The summed E-state index contributed by atoms with van der Waals surface area (Å²) in [6.45, 7) is 7.45. The second-order valence-corrected chi connectivity index (χ2v) is 6.07. The number of aliphatic hydroxyl groups is 1. The lowest BCUT2D eigenvalue weighted by Crippen LogP contribution is -2.31. The molecule has 1 atom stereocenters. The lowest BCUT2D eigenvalue weighted by molar-refractivity contribution is 0.187. The SMILES string of the molecule is CCNC(=NCC(O)c1cccc(C)c1)Nc1ccc(OC)c(OCC)c1. The van der Waals surface area contributed by atoms with Crippen LogP contribution in [0.25, 0.3) is 0 Å². The number of nitrogens with one attached hydrogen (secondary N) is 2. The molecule has 0 aliphatic heterocycles. The van der Waals surface area contributed by atoms with Gasteiger partial charge in [0.25, 0.3) is 0 Å². The molecule has 3 N–H and O–H groups in total. The summed E-state index contributed by atoms with van der Waals surface area (Å²) in [6, 6.07) is 13.4. The van der Waals surface area contributed by atoms with Crippen molar-refractivity contribution in [2.24, 2.45) is 4.99 Å². The summed E-state index contributed by atoms with van der Waals surface area (Å²) < 4.78 is 10.9. The summed E-state index contributed by atoms with van der Waals surface area (Å²) >= 11 is 0. The van der Waals surface area contributed by atoms with Gasteiger partial charge in [-0.05, 0) is 38.5 Å². The lowest BCUT2D eigenvalue weighted by atomic mass is 10.1. The Hall–Kier alpha value is -2.73. The number of hydrogen-bond acceptors (Lipinski definition) is 4. The molecule has 27 heavy (non-hydrogen) atoms. The summed E-state index contributed by atoms with van der Waals surface area (Å²) in [5, 5.41) is 16.8. The number of guanidine groups is 1. The fraction of sp³-hybridized carbons (Fsp3) is 0.381. The number of anilines is 1. The molecular weight excluding hydrogens is 342 g/mol. The van der Waals surface area contributed by atoms with E-state index < -0.39 is 6.10 Å². The van der Waals surface area contributed by atoms with Crippen molar-refractivity contribution in [1.29, 1.82) is 0 Å². The number of nitrogens with zero attached hydrogens (tertiary/aromatic N) is 1. The fourth-order valence-electron chi connectivity index (χ4n) is 2.63. The summed E-state index contributed by atoms with van der Waals surface area (Å²) in [4.78, 5) is 4.51. The Bertz CT molecular complexity index is 762. The number of rotatable bonds is 8. The maximum Gasteiger partial charge on any atom is 0.195 e. The number of methoxy groups -OCH3 is 1. The average molecular weight is 371 g/mol. The molecule has 0 radical (unpaired) electrons. The topological polar surface area (TPSA) is 75.1 Å². The van der Waals surface area contributed by atoms with E-state index >= 15 is 0 Å². The summed E-state index contributed by atoms with van der Waals surface area (Å²) in [5.74, 6) is 1.94. The van der Waals surface area contributed by atoms with Crippen molar-refractivity contribution < 1.29 is 14.6 Å². The molecular formula is C21H29N3O3. The Kier molecular flexibility index (Phi) is 7.95. The summed E-state index contributed by atoms with van der Waals surface area (Å²) in [6.07, 6.45) is -0.657. The average Bonchev–Trinajstić information content (AvgIpc) is 2.66. The Morgan fingerprint density at radius 1 is 1.15 bits per heavy atom. The van der Waals surface area contributed by atoms with Gasteiger partial charge in [-0.3, -0.25) is 0 Å². The fourth-order valence-corrected chi connectivity index (χ4v) is 2.63. The van der Waals surface area contributed by atoms with Crippen LogP contribution in [0.1, 0.15) is 31.1 Å². The highest BCUT2D eigenvalue weighted by molar-refractivity contribution is 5.93. The van der Waals surface area contributed by atoms with Gasteiger partial charge in [-0.25, -0.2) is 4.99 Å². The molecule has 2 aromatic rings. The van der Waals surface area contributed by atoms with Crippen molar-refractivity contribution in [2.45, 2.75) is 26.9 Å². The van der Waals surface area contributed by atoms with Crippen molar-refractivity contribution in [2.75, 3.05) is 32.1 Å². The van der Waals surface area contributed by atoms with E-state index in [-0.39, 0.29) is 6.54 Å². The summed E-state index contributed by atoms with van der Waals surface area (Å²) in [7, 11) is 1.61. The van der Waals surface area contributed by atoms with E-state index in [0.29, 0.717) is 30.6 Å². The van der Waals surface area contributed by atoms with Gasteiger partial charge in [0, 0.05) is 18.3 Å². The third-order valence-corrected chi connectivity index (χ3v) is 3.92. The first kappa shape index (κ1) is 20.6. The molecule has 0 fully saturated rings. The van der Waals surface area contributed by atoms with E-state index in [1.165, 1.54) is 0 Å². The first-order chi connectivity index (χ1) is 13.1. The maximum atomic E-state index is 10.4. The van der Waals surface area contributed by atoms with Gasteiger partial charge in [-0.15, -0.1) is 0 Å². The van der Waals surface area contributed by atoms with Crippen LogP contribution in [0.15, 0.2) is 47.5 Å². The zero-order valence-electron chi connectivity index (χ0n) is 16.5. The van der Waals surface area contributed by atoms with Crippen molar-refractivity contribution in [3.63, 3.8) is 0 Å². The van der Waals surface area contributed by atoms with E-state index in [1.807, 2.05) is 63.2 Å². The molecule has 2 aromatic carbocycles. The first-order valence-corrected chi connectivity index (χ1v) is 9.18. The number of aliphatic hydroxyl groups excluding tert-OH is 1. The smallest absolute Gasteiger partial charge is 0.195 e. The molecule has 0 spiro atoms. The van der Waals surface area contributed by atoms with E-state index in [2.05, 4.69) is 15.6 Å². The Labute approximate surface area is 161 Å². The largest absolute Gasteiger partial charge is 0.493 e. The lowest BCUT2D eigenvalue weighted by Gasteiger charge is -2.15. The number of aryl methyl sites for hydroxylation is 1. The van der Waals surface area contributed by atoms with Gasteiger partial charge in [0.2, 0.25) is 0 Å². The monoisotopic (exact) mass is 371 g/mol. The third-order valence-electron chi connectivity index (χ3n) is 3.92. The highest BCUT2D eigenvalue weighted by Gasteiger charge is 2.09. The predicted molar refractivity (Wildman–Crippen MR) is 110 cm³/mol. The van der Waals surface area contributed by atoms with Gasteiger partial charge < -0.3 is 25.2 Å². The molecule has 0 amide bonds. The molecule has 0 saturated heterocycles. The van der Waals surface area contributed by atoms with Crippen molar-refractivity contribution in [3.8, 4) is 11.5 Å². The normalized spacial score (nSPS) is 12.4. The maximum absolute atomic E-state index is 10.4. The zero-order valence-corrected chi connectivity index (χ0v) is 16.5. The van der Waals surface area contributed by atoms with Crippen LogP contribution in [-0.4, -0.2) is 37.9 Å². The van der Waals surface area contributed by atoms with E-state index in [9.17, 15) is 5.11 Å². The predicted octanol–water partition coefficient (Wildman–Crippen LogP) is 3.51. The van der Waals surface area contributed by atoms with Gasteiger partial charge in [0.1, 0.15) is 0 Å². The molecule has 0 heterocycles. The van der Waals surface area contributed by atoms with E-state index in [4.69, 9.17) is 9.47 Å². The molecule has 2 rings (SSSR count). The molecule has 0 bridgehead atoms. The molecule has 0 aliphatic rings. The van der Waals surface area contributed by atoms with Gasteiger partial charge in [-0.1, -0.05) is 29.8 Å². The molecule has 0 aromatic heterocycles. The van der Waals surface area contributed by atoms with Crippen LogP contribution < -0.4 is 20.1 Å². The van der Waals surface area contributed by atoms with Crippen LogP contribution in [0.2, 0.25) is 0 Å². The standard InChI is InChI=1S/C21H29N3O3/c1-5-22-21(23-14-18(25)16-9-7-8-15(3)12-16)24-17-10-11-19(26-4)20(13-17)27-6-2/h7-13,18,25H,5-6,14H2,1-4H3,(H2,22,23,24). The molecule has 0 aliphatic carbocycles. The first-order valence-electron chi connectivity index (χ1n) is 9.18. The molecule has 6 heteroatoms. The van der Waals surface area contributed by atoms with Crippen molar-refractivity contribution in [1.82, 2.24) is 5.32 Å². The second-order valence-electron chi connectivity index (χ2n) is 6.07. The third kappa shape index (κ3) is 6.18. The number of benzene rings is 2. The minimum atomic E-state index is -0.657. The Balaban J connectivity index is 2.12. The Morgan fingerprint density at radius 2 is 1.96 bits per heavy atom. The molecule has 0 saturated carbocycles. The quantitative estimate of drug-likeness (QED) is 0.489. The van der Waals surface area contributed by atoms with Crippen LogP contribution in [0, 0.1) is 6.92 Å². The van der Waals surface area contributed by atoms with Crippen LogP contribution in [-0.2, 0) is 0 Å². The van der Waals surface area contributed by atoms with Gasteiger partial charge in [0.15, 0.2) is 17.5 Å².